The van der Waals surface area contributed by atoms with Gasteiger partial charge in [0, 0.05) is 36.7 Å². The number of aliphatic hydroxyl groups excluding tert-OH is 1. The highest BCUT2D eigenvalue weighted by molar-refractivity contribution is 5.82. The fourth-order valence-electron chi connectivity index (χ4n) is 4.56. The first-order valence-electron chi connectivity index (χ1n) is 12.3. The zero-order valence-electron chi connectivity index (χ0n) is 20.9. The quantitative estimate of drug-likeness (QED) is 0.266. The van der Waals surface area contributed by atoms with Crippen molar-refractivity contribution >= 4 is 11.0 Å². The number of aromatic nitrogens is 5. The van der Waals surface area contributed by atoms with Crippen LogP contribution in [-0.4, -0.2) is 49.0 Å². The zero-order valence-corrected chi connectivity index (χ0v) is 20.9. The molecule has 4 heterocycles. The van der Waals surface area contributed by atoms with Crippen molar-refractivity contribution in [3.05, 3.63) is 84.7 Å². The number of nitrogens with zero attached hydrogens (tertiary/aromatic N) is 4. The molecule has 5 rings (SSSR count). The lowest BCUT2D eigenvalue weighted by molar-refractivity contribution is -0.0323. The van der Waals surface area contributed by atoms with Gasteiger partial charge in [0.25, 0.3) is 5.56 Å². The number of hydrogen-bond donors (Lipinski definition) is 3. The molecule has 200 valence electrons. The minimum Gasteiger partial charge on any atom is -0.490 e. The van der Waals surface area contributed by atoms with E-state index in [1.54, 1.807) is 29.9 Å². The Morgan fingerprint density at radius 1 is 1.24 bits per heavy atom. The number of hydrogen-bond acceptors (Lipinski definition) is 10. The van der Waals surface area contributed by atoms with Gasteiger partial charge in [0.15, 0.2) is 11.3 Å². The Morgan fingerprint density at radius 2 is 2.08 bits per heavy atom. The Bertz CT molecular complexity index is 1620. The number of aromatic amines is 1. The topological polar surface area (TPSA) is 166 Å². The lowest BCUT2D eigenvalue weighted by atomic mass is 10.1. The first-order chi connectivity index (χ1) is 18.4. The normalized spacial score (nSPS) is 19.3. The maximum absolute atomic E-state index is 12.5. The summed E-state index contributed by atoms with van der Waals surface area (Å²) in [6, 6.07) is 6.85. The second-order valence-electron chi connectivity index (χ2n) is 9.05. The van der Waals surface area contributed by atoms with Gasteiger partial charge in [-0.25, -0.2) is 14.3 Å². The van der Waals surface area contributed by atoms with Crippen molar-refractivity contribution in [2.24, 2.45) is 0 Å². The number of aliphatic hydroxyl groups is 1. The van der Waals surface area contributed by atoms with Crippen LogP contribution >= 0.6 is 0 Å². The van der Waals surface area contributed by atoms with Crippen molar-refractivity contribution in [1.82, 2.24) is 29.9 Å². The highest BCUT2D eigenvalue weighted by Gasteiger charge is 2.38. The van der Waals surface area contributed by atoms with E-state index in [4.69, 9.17) is 13.9 Å². The Morgan fingerprint density at radius 3 is 2.87 bits per heavy atom. The van der Waals surface area contributed by atoms with E-state index in [0.717, 1.165) is 5.39 Å². The molecular weight excluding hydrogens is 496 g/mol. The van der Waals surface area contributed by atoms with Crippen molar-refractivity contribution in [3.63, 3.8) is 0 Å². The van der Waals surface area contributed by atoms with Crippen molar-refractivity contribution in [2.45, 2.75) is 51.7 Å². The van der Waals surface area contributed by atoms with Crippen LogP contribution in [0.25, 0.3) is 11.0 Å². The van der Waals surface area contributed by atoms with Crippen LogP contribution in [-0.2, 0) is 17.8 Å². The molecule has 1 aliphatic rings. The second-order valence-corrected chi connectivity index (χ2v) is 9.05. The van der Waals surface area contributed by atoms with Gasteiger partial charge >= 0.3 is 11.3 Å². The highest BCUT2D eigenvalue weighted by atomic mass is 16.5. The van der Waals surface area contributed by atoms with Crippen LogP contribution in [0.2, 0.25) is 0 Å². The summed E-state index contributed by atoms with van der Waals surface area (Å²) in [4.78, 5) is 38.8. The van der Waals surface area contributed by atoms with Crippen molar-refractivity contribution in [3.8, 4) is 5.75 Å². The first kappa shape index (κ1) is 25.6. The molecular formula is C25H28N6O7. The summed E-state index contributed by atoms with van der Waals surface area (Å²) in [5.74, 6) is 0.526. The molecule has 3 atom stereocenters. The molecule has 0 spiro atoms. The molecule has 0 radical (unpaired) electrons. The molecule has 38 heavy (non-hydrogen) atoms. The monoisotopic (exact) mass is 524 g/mol. The summed E-state index contributed by atoms with van der Waals surface area (Å²) in [6.07, 6.45) is 2.21. The van der Waals surface area contributed by atoms with Crippen LogP contribution < -0.4 is 26.9 Å². The SMILES string of the molecule is CCOc1cccc2cc(CNCc3cn([C@H]4C[C@H](n5cc(C)c(=O)[nH]c5=O)O[C@@H]4CO)nn3)c(=O)oc12. The lowest BCUT2D eigenvalue weighted by Gasteiger charge is -2.15. The van der Waals surface area contributed by atoms with Crippen LogP contribution in [0.5, 0.6) is 5.75 Å². The minimum atomic E-state index is -0.679. The van der Waals surface area contributed by atoms with E-state index in [9.17, 15) is 19.5 Å². The summed E-state index contributed by atoms with van der Waals surface area (Å²) >= 11 is 0. The molecule has 0 amide bonds. The van der Waals surface area contributed by atoms with E-state index in [1.165, 1.54) is 10.8 Å². The number of aryl methyl sites for hydroxylation is 1. The summed E-state index contributed by atoms with van der Waals surface area (Å²) in [7, 11) is 0. The second kappa shape index (κ2) is 10.7. The summed E-state index contributed by atoms with van der Waals surface area (Å²) in [5, 5.41) is 22.2. The van der Waals surface area contributed by atoms with E-state index in [1.807, 2.05) is 19.1 Å². The smallest absolute Gasteiger partial charge is 0.340 e. The maximum Gasteiger partial charge on any atom is 0.340 e. The Kier molecular flexibility index (Phi) is 7.22. The Hall–Kier alpha value is -4.07. The van der Waals surface area contributed by atoms with Crippen LogP contribution in [0.4, 0.5) is 0 Å². The average molecular weight is 525 g/mol. The number of H-pyrrole nitrogens is 1. The van der Waals surface area contributed by atoms with E-state index < -0.39 is 29.2 Å². The largest absolute Gasteiger partial charge is 0.490 e. The number of benzene rings is 1. The van der Waals surface area contributed by atoms with E-state index in [2.05, 4.69) is 20.6 Å². The molecule has 1 fully saturated rings. The number of para-hydroxylation sites is 1. The molecule has 13 heteroatoms. The molecule has 1 aliphatic heterocycles. The minimum absolute atomic E-state index is 0.256. The summed E-state index contributed by atoms with van der Waals surface area (Å²) in [5.41, 5.74) is 0.387. The van der Waals surface area contributed by atoms with Gasteiger partial charge in [-0.05, 0) is 26.0 Å². The van der Waals surface area contributed by atoms with Gasteiger partial charge in [0.1, 0.15) is 12.3 Å². The third-order valence-corrected chi connectivity index (χ3v) is 6.46. The predicted molar refractivity (Wildman–Crippen MR) is 135 cm³/mol. The molecule has 3 N–H and O–H groups in total. The van der Waals surface area contributed by atoms with Crippen molar-refractivity contribution in [2.75, 3.05) is 13.2 Å². The highest BCUT2D eigenvalue weighted by Crippen LogP contribution is 2.35. The van der Waals surface area contributed by atoms with Crippen LogP contribution in [0.3, 0.4) is 0 Å². The van der Waals surface area contributed by atoms with E-state index >= 15 is 0 Å². The molecule has 0 aliphatic carbocycles. The lowest BCUT2D eigenvalue weighted by Crippen LogP contribution is -2.33. The molecule has 0 saturated carbocycles. The van der Waals surface area contributed by atoms with Gasteiger partial charge in [-0.1, -0.05) is 17.3 Å². The predicted octanol–water partition coefficient (Wildman–Crippen LogP) is 0.753. The fourth-order valence-corrected chi connectivity index (χ4v) is 4.56. The number of fused-ring (bicyclic) bond motifs is 1. The van der Waals surface area contributed by atoms with E-state index in [0.29, 0.717) is 47.7 Å². The molecule has 0 unspecified atom stereocenters. The van der Waals surface area contributed by atoms with Gasteiger partial charge in [-0.2, -0.15) is 0 Å². The summed E-state index contributed by atoms with van der Waals surface area (Å²) in [6.45, 7) is 4.23. The maximum atomic E-state index is 12.5. The van der Waals surface area contributed by atoms with Gasteiger partial charge in [-0.15, -0.1) is 5.10 Å². The molecule has 3 aromatic heterocycles. The third-order valence-electron chi connectivity index (χ3n) is 6.46. The summed E-state index contributed by atoms with van der Waals surface area (Å²) < 4.78 is 19.9. The van der Waals surface area contributed by atoms with Crippen molar-refractivity contribution < 1.29 is 19.0 Å². The van der Waals surface area contributed by atoms with Crippen molar-refractivity contribution in [1.29, 1.82) is 0 Å². The Balaban J connectivity index is 1.26. The molecule has 1 aromatic carbocycles. The van der Waals surface area contributed by atoms with Gasteiger partial charge in [-0.3, -0.25) is 14.3 Å². The van der Waals surface area contributed by atoms with Gasteiger partial charge in [0.2, 0.25) is 0 Å². The van der Waals surface area contributed by atoms with Gasteiger partial charge < -0.3 is 24.3 Å². The van der Waals surface area contributed by atoms with E-state index in [-0.39, 0.29) is 19.2 Å². The van der Waals surface area contributed by atoms with Gasteiger partial charge in [0.05, 0.1) is 36.7 Å². The molecule has 4 aromatic rings. The number of ether oxygens (including phenoxy) is 2. The van der Waals surface area contributed by atoms with Crippen LogP contribution in [0, 0.1) is 6.92 Å². The van der Waals surface area contributed by atoms with Crippen LogP contribution in [0.15, 0.2) is 55.5 Å². The van der Waals surface area contributed by atoms with Crippen LogP contribution in [0.1, 0.15) is 42.4 Å². The first-order valence-corrected chi connectivity index (χ1v) is 12.3. The standard InChI is InChI=1S/C25H28N6O7/c1-3-36-19-6-4-5-15-7-16(24(34)38-22(15)19)9-26-10-17-12-31(29-28-17)18-8-21(37-20(18)13-32)30-11-14(2)23(33)27-25(30)35/h4-7,11-12,18,20-21,26,32H,3,8-10,13H2,1-2H3,(H,27,33,35)/t18-,20+,21+/m0/s1. The number of nitrogens with one attached hydrogen (secondary N) is 2. The zero-order chi connectivity index (χ0) is 26.8. The third kappa shape index (κ3) is 5.03. The average Bonchev–Trinajstić information content (AvgIpc) is 3.54. The molecule has 0 bridgehead atoms. The Labute approximate surface area is 215 Å². The fraction of sp³-hybridized carbons (Fsp3) is 0.400. The number of rotatable bonds is 9. The molecule has 13 nitrogen and oxygen atoms in total. The molecule has 1 saturated heterocycles.